The molecule has 1 fully saturated rings. The number of nitrogens with zero attached hydrogens (tertiary/aromatic N) is 1. The third-order valence-corrected chi connectivity index (χ3v) is 2.97. The maximum Gasteiger partial charge on any atom is 0.148 e. The van der Waals surface area contributed by atoms with Crippen molar-refractivity contribution < 1.29 is 0 Å². The monoisotopic (exact) mass is 219 g/mol. The molecule has 0 bridgehead atoms. The van der Waals surface area contributed by atoms with Crippen LogP contribution in [-0.2, 0) is 0 Å². The molecule has 0 aromatic carbocycles. The molecule has 5 N–H and O–H groups in total. The average molecular weight is 219 g/mol. The minimum Gasteiger partial charge on any atom is -0.382 e. The van der Waals surface area contributed by atoms with Gasteiger partial charge in [0.1, 0.15) is 12.2 Å². The molecule has 1 aromatic heterocycles. The lowest BCUT2D eigenvalue weighted by Crippen LogP contribution is -2.26. The van der Waals surface area contributed by atoms with Crippen molar-refractivity contribution in [2.45, 2.75) is 18.8 Å². The number of aromatic amines is 1. The van der Waals surface area contributed by atoms with Crippen LogP contribution < -0.4 is 11.1 Å². The molecule has 1 aliphatic heterocycles. The molecule has 0 unspecified atom stereocenters. The van der Waals surface area contributed by atoms with E-state index in [1.54, 1.807) is 0 Å². The first-order valence-corrected chi connectivity index (χ1v) is 5.53. The number of amidine groups is 1. The lowest BCUT2D eigenvalue weighted by molar-refractivity contribution is 0.454. The van der Waals surface area contributed by atoms with Gasteiger partial charge in [0.25, 0.3) is 0 Å². The highest BCUT2D eigenvalue weighted by molar-refractivity contribution is 5.99. The SMILES string of the molecule is N=CN=C(N)c1ccc(C2CCNCC2)[nH]1. The largest absolute Gasteiger partial charge is 0.382 e. The van der Waals surface area contributed by atoms with Crippen molar-refractivity contribution in [2.75, 3.05) is 13.1 Å². The zero-order chi connectivity index (χ0) is 11.4. The molecule has 1 aromatic rings. The summed E-state index contributed by atoms with van der Waals surface area (Å²) in [5, 5.41) is 10.2. The van der Waals surface area contributed by atoms with Crippen LogP contribution in [0.15, 0.2) is 17.1 Å². The molecule has 0 saturated carbocycles. The van der Waals surface area contributed by atoms with E-state index in [-0.39, 0.29) is 0 Å². The van der Waals surface area contributed by atoms with E-state index in [2.05, 4.69) is 21.4 Å². The van der Waals surface area contributed by atoms with Crippen molar-refractivity contribution >= 4 is 12.2 Å². The van der Waals surface area contributed by atoms with E-state index >= 15 is 0 Å². The van der Waals surface area contributed by atoms with Crippen LogP contribution in [0.3, 0.4) is 0 Å². The molecule has 0 amide bonds. The fourth-order valence-corrected chi connectivity index (χ4v) is 2.07. The average Bonchev–Trinajstić information content (AvgIpc) is 2.80. The maximum atomic E-state index is 6.87. The molecule has 5 heteroatoms. The van der Waals surface area contributed by atoms with Gasteiger partial charge in [-0.05, 0) is 38.1 Å². The number of nitrogens with one attached hydrogen (secondary N) is 3. The molecule has 0 spiro atoms. The van der Waals surface area contributed by atoms with Gasteiger partial charge in [-0.3, -0.25) is 5.41 Å². The van der Waals surface area contributed by atoms with E-state index in [0.717, 1.165) is 38.0 Å². The number of rotatable bonds is 3. The van der Waals surface area contributed by atoms with Crippen molar-refractivity contribution in [3.63, 3.8) is 0 Å². The Morgan fingerprint density at radius 2 is 2.19 bits per heavy atom. The molecule has 0 radical (unpaired) electrons. The number of aliphatic imine (C=N–C) groups is 1. The lowest BCUT2D eigenvalue weighted by atomic mass is 9.95. The van der Waals surface area contributed by atoms with E-state index in [1.165, 1.54) is 5.69 Å². The van der Waals surface area contributed by atoms with Gasteiger partial charge in [-0.1, -0.05) is 0 Å². The Labute approximate surface area is 94.7 Å². The second kappa shape index (κ2) is 4.94. The summed E-state index contributed by atoms with van der Waals surface area (Å²) >= 11 is 0. The number of piperidine rings is 1. The van der Waals surface area contributed by atoms with Crippen LogP contribution in [0.2, 0.25) is 0 Å². The van der Waals surface area contributed by atoms with Gasteiger partial charge < -0.3 is 16.0 Å². The predicted molar refractivity (Wildman–Crippen MR) is 65.1 cm³/mol. The van der Waals surface area contributed by atoms with Gasteiger partial charge >= 0.3 is 0 Å². The minimum atomic E-state index is 0.371. The van der Waals surface area contributed by atoms with Crippen LogP contribution in [0, 0.1) is 5.41 Å². The molecule has 1 aliphatic rings. The quantitative estimate of drug-likeness (QED) is 0.447. The molecule has 2 rings (SSSR count). The van der Waals surface area contributed by atoms with Gasteiger partial charge in [0.15, 0.2) is 0 Å². The maximum absolute atomic E-state index is 6.87. The zero-order valence-corrected chi connectivity index (χ0v) is 9.16. The zero-order valence-electron chi connectivity index (χ0n) is 9.16. The van der Waals surface area contributed by atoms with Gasteiger partial charge in [0.2, 0.25) is 0 Å². The summed E-state index contributed by atoms with van der Waals surface area (Å²) in [6.07, 6.45) is 3.27. The Bertz CT molecular complexity index is 387. The first-order valence-electron chi connectivity index (χ1n) is 5.53. The first kappa shape index (κ1) is 10.9. The van der Waals surface area contributed by atoms with Crippen molar-refractivity contribution in [1.82, 2.24) is 10.3 Å². The lowest BCUT2D eigenvalue weighted by Gasteiger charge is -2.21. The Kier molecular flexibility index (Phi) is 3.36. The van der Waals surface area contributed by atoms with E-state index < -0.39 is 0 Å². The second-order valence-corrected chi connectivity index (χ2v) is 4.00. The Balaban J connectivity index is 2.12. The predicted octanol–water partition coefficient (Wildman–Crippen LogP) is 0.794. The van der Waals surface area contributed by atoms with Crippen LogP contribution in [0.4, 0.5) is 0 Å². The summed E-state index contributed by atoms with van der Waals surface area (Å²) in [5.41, 5.74) is 7.73. The standard InChI is InChI=1S/C11H17N5/c12-7-15-11(13)10-2-1-9(16-10)8-3-5-14-6-4-8/h1-2,7-8,14,16H,3-6H2,(H3,12,13,15). The first-order chi connectivity index (χ1) is 7.81. The molecule has 5 nitrogen and oxygen atoms in total. The third-order valence-electron chi connectivity index (χ3n) is 2.97. The molecular formula is C11H17N5. The molecular weight excluding hydrogens is 202 g/mol. The molecule has 16 heavy (non-hydrogen) atoms. The summed E-state index contributed by atoms with van der Waals surface area (Å²) in [4.78, 5) is 7.03. The van der Waals surface area contributed by atoms with E-state index in [4.69, 9.17) is 11.1 Å². The van der Waals surface area contributed by atoms with Crippen LogP contribution in [-0.4, -0.2) is 30.2 Å². The number of H-pyrrole nitrogens is 1. The normalized spacial score (nSPS) is 18.6. The molecule has 0 atom stereocenters. The molecule has 86 valence electrons. The highest BCUT2D eigenvalue weighted by Gasteiger charge is 2.16. The van der Waals surface area contributed by atoms with E-state index in [9.17, 15) is 0 Å². The Morgan fingerprint density at radius 1 is 1.44 bits per heavy atom. The van der Waals surface area contributed by atoms with Crippen molar-refractivity contribution in [3.05, 3.63) is 23.5 Å². The summed E-state index contributed by atoms with van der Waals surface area (Å²) in [7, 11) is 0. The topological polar surface area (TPSA) is 90.1 Å². The third kappa shape index (κ3) is 2.30. The summed E-state index contributed by atoms with van der Waals surface area (Å²) in [5.74, 6) is 0.956. The van der Waals surface area contributed by atoms with Crippen LogP contribution >= 0.6 is 0 Å². The van der Waals surface area contributed by atoms with Gasteiger partial charge in [0.05, 0.1) is 5.69 Å². The number of nitrogens with two attached hydrogens (primary N) is 1. The fraction of sp³-hybridized carbons (Fsp3) is 0.455. The van der Waals surface area contributed by atoms with Crippen LogP contribution in [0.5, 0.6) is 0 Å². The Morgan fingerprint density at radius 3 is 2.88 bits per heavy atom. The molecule has 1 saturated heterocycles. The number of aromatic nitrogens is 1. The van der Waals surface area contributed by atoms with Crippen LogP contribution in [0.1, 0.15) is 30.1 Å². The van der Waals surface area contributed by atoms with Crippen molar-refractivity contribution in [3.8, 4) is 0 Å². The van der Waals surface area contributed by atoms with Crippen molar-refractivity contribution in [1.29, 1.82) is 5.41 Å². The van der Waals surface area contributed by atoms with Gasteiger partial charge in [0, 0.05) is 11.6 Å². The number of hydrogen-bond donors (Lipinski definition) is 4. The summed E-state index contributed by atoms with van der Waals surface area (Å²) in [6, 6.07) is 4.00. The second-order valence-electron chi connectivity index (χ2n) is 4.00. The van der Waals surface area contributed by atoms with E-state index in [1.807, 2.05) is 6.07 Å². The van der Waals surface area contributed by atoms with Gasteiger partial charge in [-0.2, -0.15) is 0 Å². The summed E-state index contributed by atoms with van der Waals surface area (Å²) in [6.45, 7) is 2.15. The smallest absolute Gasteiger partial charge is 0.148 e. The van der Waals surface area contributed by atoms with Crippen LogP contribution in [0.25, 0.3) is 0 Å². The van der Waals surface area contributed by atoms with Gasteiger partial charge in [-0.15, -0.1) is 0 Å². The highest BCUT2D eigenvalue weighted by Crippen LogP contribution is 2.24. The molecule has 2 heterocycles. The van der Waals surface area contributed by atoms with E-state index in [0.29, 0.717) is 11.8 Å². The molecule has 0 aliphatic carbocycles. The summed E-state index contributed by atoms with van der Waals surface area (Å²) < 4.78 is 0. The van der Waals surface area contributed by atoms with Gasteiger partial charge in [-0.25, -0.2) is 4.99 Å². The van der Waals surface area contributed by atoms with Crippen molar-refractivity contribution in [2.24, 2.45) is 10.7 Å². The Hall–Kier alpha value is -1.62. The number of hydrogen-bond acceptors (Lipinski definition) is 2. The highest BCUT2D eigenvalue weighted by atomic mass is 14.9. The minimum absolute atomic E-state index is 0.371. The fourth-order valence-electron chi connectivity index (χ4n) is 2.07.